The number of nitrogen functional groups attached to an aromatic ring is 1. The molecule has 0 aliphatic heterocycles. The zero-order chi connectivity index (χ0) is 15.6. The second kappa shape index (κ2) is 6.13. The van der Waals surface area contributed by atoms with Crippen molar-refractivity contribution in [1.82, 2.24) is 0 Å². The summed E-state index contributed by atoms with van der Waals surface area (Å²) in [5.41, 5.74) is 7.64. The summed E-state index contributed by atoms with van der Waals surface area (Å²) in [7, 11) is 1.25. The number of carbonyl (C=O) groups excluding carboxylic acids is 1. The minimum atomic E-state index is -0.612. The van der Waals surface area contributed by atoms with Gasteiger partial charge in [0.1, 0.15) is 5.82 Å². The molecule has 0 unspecified atom stereocenters. The maximum atomic E-state index is 14.0. The van der Waals surface area contributed by atoms with E-state index in [-0.39, 0.29) is 16.9 Å². The standard InChI is InChI=1S/C15H14BrFN2O2/c1-8-3-4-10(16)13(5-8)19-14-6-9(15(20)21-2)12(18)7-11(14)17/h3-7,19H,18H2,1-2H3. The van der Waals surface area contributed by atoms with Crippen molar-refractivity contribution in [2.75, 3.05) is 18.2 Å². The van der Waals surface area contributed by atoms with Gasteiger partial charge in [-0.2, -0.15) is 0 Å². The molecule has 0 atom stereocenters. The summed E-state index contributed by atoms with van der Waals surface area (Å²) in [6.45, 7) is 1.93. The van der Waals surface area contributed by atoms with Crippen molar-refractivity contribution in [2.24, 2.45) is 0 Å². The van der Waals surface area contributed by atoms with E-state index in [1.165, 1.54) is 13.2 Å². The lowest BCUT2D eigenvalue weighted by Gasteiger charge is -2.13. The highest BCUT2D eigenvalue weighted by Crippen LogP contribution is 2.30. The number of carbonyl (C=O) groups is 1. The van der Waals surface area contributed by atoms with E-state index in [1.54, 1.807) is 0 Å². The van der Waals surface area contributed by atoms with Crippen molar-refractivity contribution >= 4 is 39.0 Å². The Balaban J connectivity index is 2.44. The molecule has 6 heteroatoms. The largest absolute Gasteiger partial charge is 0.465 e. The minimum Gasteiger partial charge on any atom is -0.465 e. The monoisotopic (exact) mass is 352 g/mol. The smallest absolute Gasteiger partial charge is 0.340 e. The predicted octanol–water partition coefficient (Wildman–Crippen LogP) is 4.01. The van der Waals surface area contributed by atoms with Crippen LogP contribution >= 0.6 is 15.9 Å². The van der Waals surface area contributed by atoms with E-state index in [9.17, 15) is 9.18 Å². The van der Waals surface area contributed by atoms with Gasteiger partial charge in [0.2, 0.25) is 0 Å². The van der Waals surface area contributed by atoms with Gasteiger partial charge in [-0.15, -0.1) is 0 Å². The lowest BCUT2D eigenvalue weighted by Crippen LogP contribution is -2.08. The van der Waals surface area contributed by atoms with Gasteiger partial charge in [-0.3, -0.25) is 0 Å². The average Bonchev–Trinajstić information content (AvgIpc) is 2.44. The van der Waals surface area contributed by atoms with Gasteiger partial charge >= 0.3 is 5.97 Å². The Kier molecular flexibility index (Phi) is 4.47. The number of hydrogen-bond donors (Lipinski definition) is 2. The third-order valence-electron chi connectivity index (χ3n) is 2.94. The van der Waals surface area contributed by atoms with Crippen molar-refractivity contribution < 1.29 is 13.9 Å². The molecule has 0 fully saturated rings. The number of benzene rings is 2. The van der Waals surface area contributed by atoms with Crippen molar-refractivity contribution in [2.45, 2.75) is 6.92 Å². The molecule has 0 saturated carbocycles. The fraction of sp³-hybridized carbons (Fsp3) is 0.133. The summed E-state index contributed by atoms with van der Waals surface area (Å²) in [6, 6.07) is 8.07. The van der Waals surface area contributed by atoms with E-state index in [4.69, 9.17) is 5.73 Å². The highest BCUT2D eigenvalue weighted by Gasteiger charge is 2.15. The normalized spacial score (nSPS) is 10.3. The number of anilines is 3. The number of nitrogens with two attached hydrogens (primary N) is 1. The van der Waals surface area contributed by atoms with Gasteiger partial charge in [0.25, 0.3) is 0 Å². The minimum absolute atomic E-state index is 0.0354. The lowest BCUT2D eigenvalue weighted by molar-refractivity contribution is 0.0602. The van der Waals surface area contributed by atoms with Gasteiger partial charge in [-0.05, 0) is 52.7 Å². The number of hydrogen-bond acceptors (Lipinski definition) is 4. The molecule has 21 heavy (non-hydrogen) atoms. The molecule has 0 heterocycles. The van der Waals surface area contributed by atoms with E-state index >= 15 is 0 Å². The summed E-state index contributed by atoms with van der Waals surface area (Å²) in [4.78, 5) is 11.6. The molecule has 2 rings (SSSR count). The summed E-state index contributed by atoms with van der Waals surface area (Å²) in [5, 5.41) is 2.94. The first-order chi connectivity index (χ1) is 9.92. The number of nitrogens with one attached hydrogen (secondary N) is 1. The maximum absolute atomic E-state index is 14.0. The molecule has 2 aromatic carbocycles. The SMILES string of the molecule is COC(=O)c1cc(Nc2cc(C)ccc2Br)c(F)cc1N. The second-order valence-corrected chi connectivity index (χ2v) is 5.37. The third-order valence-corrected chi connectivity index (χ3v) is 3.63. The quantitative estimate of drug-likeness (QED) is 0.647. The molecule has 0 aliphatic rings. The Morgan fingerprint density at radius 1 is 1.29 bits per heavy atom. The molecule has 0 aromatic heterocycles. The van der Waals surface area contributed by atoms with Crippen LogP contribution in [0.5, 0.6) is 0 Å². The van der Waals surface area contributed by atoms with E-state index in [0.717, 1.165) is 16.1 Å². The van der Waals surface area contributed by atoms with E-state index in [0.29, 0.717) is 5.69 Å². The number of methoxy groups -OCH3 is 1. The first-order valence-electron chi connectivity index (χ1n) is 6.13. The fourth-order valence-electron chi connectivity index (χ4n) is 1.85. The highest BCUT2D eigenvalue weighted by molar-refractivity contribution is 9.10. The molecule has 0 amide bonds. The Labute approximate surface area is 130 Å². The molecule has 0 bridgehead atoms. The van der Waals surface area contributed by atoms with Crippen molar-refractivity contribution in [3.8, 4) is 0 Å². The van der Waals surface area contributed by atoms with Crippen LogP contribution in [0.15, 0.2) is 34.8 Å². The lowest BCUT2D eigenvalue weighted by atomic mass is 10.1. The van der Waals surface area contributed by atoms with Gasteiger partial charge in [0, 0.05) is 10.2 Å². The van der Waals surface area contributed by atoms with Crippen LogP contribution in [-0.4, -0.2) is 13.1 Å². The van der Waals surface area contributed by atoms with Crippen LogP contribution in [0.25, 0.3) is 0 Å². The van der Waals surface area contributed by atoms with Crippen molar-refractivity contribution in [3.05, 3.63) is 51.7 Å². The molecule has 0 saturated heterocycles. The molecule has 2 aromatic rings. The number of halogens is 2. The first-order valence-corrected chi connectivity index (χ1v) is 6.92. The predicted molar refractivity (Wildman–Crippen MR) is 84.3 cm³/mol. The van der Waals surface area contributed by atoms with Gasteiger partial charge in [-0.1, -0.05) is 6.07 Å². The second-order valence-electron chi connectivity index (χ2n) is 4.52. The average molecular weight is 353 g/mol. The summed E-state index contributed by atoms with van der Waals surface area (Å²) in [6.07, 6.45) is 0. The van der Waals surface area contributed by atoms with Gasteiger partial charge in [0.15, 0.2) is 0 Å². The molecular weight excluding hydrogens is 339 g/mol. The number of rotatable bonds is 3. The Morgan fingerprint density at radius 2 is 2.00 bits per heavy atom. The molecule has 0 radical (unpaired) electrons. The number of esters is 1. The summed E-state index contributed by atoms with van der Waals surface area (Å²) >= 11 is 3.39. The van der Waals surface area contributed by atoms with Crippen molar-refractivity contribution in [3.63, 3.8) is 0 Å². The maximum Gasteiger partial charge on any atom is 0.340 e. The van der Waals surface area contributed by atoms with Crippen molar-refractivity contribution in [1.29, 1.82) is 0 Å². The molecular formula is C15H14BrFN2O2. The van der Waals surface area contributed by atoms with Crippen LogP contribution < -0.4 is 11.1 Å². The Morgan fingerprint density at radius 3 is 2.67 bits per heavy atom. The molecule has 0 spiro atoms. The highest BCUT2D eigenvalue weighted by atomic mass is 79.9. The van der Waals surface area contributed by atoms with E-state index in [1.807, 2.05) is 25.1 Å². The summed E-state index contributed by atoms with van der Waals surface area (Å²) < 4.78 is 19.4. The van der Waals surface area contributed by atoms with Crippen LogP contribution in [0.3, 0.4) is 0 Å². The Bertz CT molecular complexity index is 704. The third kappa shape index (κ3) is 3.33. The Hall–Kier alpha value is -2.08. The zero-order valence-corrected chi connectivity index (χ0v) is 13.1. The molecule has 0 aliphatic carbocycles. The summed E-state index contributed by atoms with van der Waals surface area (Å²) in [5.74, 6) is -1.16. The van der Waals surface area contributed by atoms with E-state index in [2.05, 4.69) is 26.0 Å². The van der Waals surface area contributed by atoms with Gasteiger partial charge in [-0.25, -0.2) is 9.18 Å². The topological polar surface area (TPSA) is 64.3 Å². The molecule has 4 nitrogen and oxygen atoms in total. The molecule has 3 N–H and O–H groups in total. The van der Waals surface area contributed by atoms with Crippen LogP contribution in [0, 0.1) is 12.7 Å². The zero-order valence-electron chi connectivity index (χ0n) is 11.5. The number of aryl methyl sites for hydroxylation is 1. The van der Waals surface area contributed by atoms with Crippen LogP contribution in [0.4, 0.5) is 21.5 Å². The van der Waals surface area contributed by atoms with Gasteiger partial charge in [0.05, 0.1) is 24.0 Å². The van der Waals surface area contributed by atoms with Crippen LogP contribution in [0.2, 0.25) is 0 Å². The fourth-order valence-corrected chi connectivity index (χ4v) is 2.20. The van der Waals surface area contributed by atoms with Crippen LogP contribution in [-0.2, 0) is 4.74 Å². The molecule has 110 valence electrons. The van der Waals surface area contributed by atoms with E-state index < -0.39 is 11.8 Å². The van der Waals surface area contributed by atoms with Gasteiger partial charge < -0.3 is 15.8 Å². The number of ether oxygens (including phenoxy) is 1. The first kappa shape index (κ1) is 15.3. The van der Waals surface area contributed by atoms with Crippen LogP contribution in [0.1, 0.15) is 15.9 Å².